The third-order valence-corrected chi connectivity index (χ3v) is 10.6. The Morgan fingerprint density at radius 3 is 1.29 bits per heavy atom. The van der Waals surface area contributed by atoms with E-state index in [9.17, 15) is 16.8 Å². The van der Waals surface area contributed by atoms with E-state index in [-0.39, 0.29) is 33.5 Å². The topological polar surface area (TPSA) is 93.0 Å². The number of hydrogen-bond donors (Lipinski definition) is 0. The Kier molecular flexibility index (Phi) is 6.34. The van der Waals surface area contributed by atoms with Gasteiger partial charge >= 0.3 is 0 Å². The molecular weight excluding hydrogens is 563 g/mol. The van der Waals surface area contributed by atoms with Crippen molar-refractivity contribution in [1.29, 1.82) is 0 Å². The molecule has 194 valence electrons. The van der Waals surface area contributed by atoms with Crippen LogP contribution in [-0.2, 0) is 20.0 Å². The Labute approximate surface area is 231 Å². The summed E-state index contributed by atoms with van der Waals surface area (Å²) in [6.07, 6.45) is 5.95. The molecule has 3 aromatic carbocycles. The van der Waals surface area contributed by atoms with Gasteiger partial charge in [-0.15, -0.1) is 0 Å². The molecule has 0 unspecified atom stereocenters. The van der Waals surface area contributed by atoms with E-state index in [1.54, 1.807) is 24.3 Å². The van der Waals surface area contributed by atoms with E-state index in [2.05, 4.69) is 20.9 Å². The lowest BCUT2D eigenvalue weighted by molar-refractivity contribution is 0.226. The first kappa shape index (κ1) is 25.5. The second kappa shape index (κ2) is 9.45. The lowest BCUT2D eigenvalue weighted by atomic mass is 9.55. The normalized spacial score (nSPS) is 26.4. The second-order valence-electron chi connectivity index (χ2n) is 9.70. The van der Waals surface area contributed by atoms with Crippen molar-refractivity contribution in [2.75, 3.05) is 0 Å². The summed E-state index contributed by atoms with van der Waals surface area (Å²) in [6, 6.07) is 19.0. The number of sulfonamides is 2. The minimum absolute atomic E-state index is 0.0148. The third-order valence-electron chi connectivity index (χ3n) is 7.52. The van der Waals surface area contributed by atoms with Gasteiger partial charge in [-0.2, -0.15) is 25.6 Å². The number of allylic oxidation sites excluding steroid dienone is 2. The molecule has 1 saturated carbocycles. The molecule has 4 aliphatic carbocycles. The summed E-state index contributed by atoms with van der Waals surface area (Å²) in [5.41, 5.74) is 2.06. The van der Waals surface area contributed by atoms with Gasteiger partial charge < -0.3 is 0 Å². The van der Waals surface area contributed by atoms with Crippen LogP contribution in [0.1, 0.15) is 24.0 Å². The Balaban J connectivity index is 1.57. The van der Waals surface area contributed by atoms with E-state index in [0.29, 0.717) is 32.6 Å². The lowest BCUT2D eigenvalue weighted by Gasteiger charge is -2.48. The van der Waals surface area contributed by atoms with Crippen LogP contribution < -0.4 is 0 Å². The van der Waals surface area contributed by atoms with Gasteiger partial charge in [0.05, 0.1) is 21.2 Å². The predicted molar refractivity (Wildman–Crippen MR) is 149 cm³/mol. The van der Waals surface area contributed by atoms with Crippen molar-refractivity contribution in [3.8, 4) is 0 Å². The maximum Gasteiger partial charge on any atom is 0.282 e. The van der Waals surface area contributed by atoms with Gasteiger partial charge in [0, 0.05) is 33.0 Å². The first-order chi connectivity index (χ1) is 18.1. The highest BCUT2D eigenvalue weighted by atomic mass is 35.5. The molecule has 3 aromatic rings. The molecule has 38 heavy (non-hydrogen) atoms. The van der Waals surface area contributed by atoms with Crippen LogP contribution in [0.25, 0.3) is 0 Å². The number of halogens is 2. The monoisotopic (exact) mass is 584 g/mol. The highest BCUT2D eigenvalue weighted by Crippen LogP contribution is 2.51. The van der Waals surface area contributed by atoms with Crippen molar-refractivity contribution in [2.45, 2.75) is 22.6 Å². The van der Waals surface area contributed by atoms with Gasteiger partial charge in [-0.3, -0.25) is 0 Å². The molecule has 0 spiro atoms. The van der Waals surface area contributed by atoms with Gasteiger partial charge in [-0.05, 0) is 73.2 Å². The summed E-state index contributed by atoms with van der Waals surface area (Å²) in [5.74, 6) is -0.619. The average Bonchev–Trinajstić information content (AvgIpc) is 2.91. The molecule has 1 fully saturated rings. The van der Waals surface area contributed by atoms with Crippen LogP contribution in [0.2, 0.25) is 10.0 Å². The molecule has 4 aliphatic rings. The van der Waals surface area contributed by atoms with Crippen molar-refractivity contribution >= 4 is 54.7 Å². The molecule has 0 saturated heterocycles. The molecule has 10 heteroatoms. The highest BCUT2D eigenvalue weighted by molar-refractivity contribution is 7.90. The van der Waals surface area contributed by atoms with Gasteiger partial charge in [0.1, 0.15) is 0 Å². The minimum Gasteiger partial charge on any atom is -0.199 e. The van der Waals surface area contributed by atoms with E-state index in [1.807, 2.05) is 0 Å². The summed E-state index contributed by atoms with van der Waals surface area (Å²) in [6.45, 7) is 0. The molecule has 0 aliphatic heterocycles. The lowest BCUT2D eigenvalue weighted by Crippen LogP contribution is -2.49. The van der Waals surface area contributed by atoms with Gasteiger partial charge in [-0.1, -0.05) is 59.6 Å². The largest absolute Gasteiger partial charge is 0.282 e. The number of rotatable bonds is 4. The third kappa shape index (κ3) is 4.43. The van der Waals surface area contributed by atoms with Crippen LogP contribution >= 0.6 is 23.2 Å². The Bertz CT molecular complexity index is 1600. The number of fused-ring (bicyclic) bond motifs is 2. The molecule has 0 aromatic heterocycles. The smallest absolute Gasteiger partial charge is 0.199 e. The summed E-state index contributed by atoms with van der Waals surface area (Å²) in [7, 11) is -8.10. The Morgan fingerprint density at radius 1 is 0.579 bits per heavy atom. The quantitative estimate of drug-likeness (QED) is 0.342. The van der Waals surface area contributed by atoms with Gasteiger partial charge in [0.2, 0.25) is 0 Å². The minimum atomic E-state index is -4.05. The zero-order valence-electron chi connectivity index (χ0n) is 19.9. The van der Waals surface area contributed by atoms with Crippen molar-refractivity contribution in [1.82, 2.24) is 0 Å². The molecule has 0 radical (unpaired) electrons. The standard InChI is InChI=1S/C28H22Cl2N2O4S2/c29-19-9-13-21(14-10-19)37(33,34)31-27-23-3-1-2-4-24(23)28(26-18-7-5-17(6-8-18)25(26)27)32-38(35,36)22-15-11-20(30)12-16-22/h1-5,7,9-18,25-26H,6,8H2/t17-,18-,25+,26+/m0/s1. The zero-order chi connectivity index (χ0) is 26.7. The van der Waals surface area contributed by atoms with Crippen LogP contribution in [0.15, 0.2) is 104 Å². The Morgan fingerprint density at radius 2 is 0.947 bits per heavy atom. The molecule has 0 amide bonds. The SMILES string of the molecule is O=S(=O)(N=C1c2ccccc2C(=NS(=O)(=O)c2ccc(Cl)cc2)[C@H]2[C@H]1[C@H]1C=C[C@H]2CC1)c1ccc(Cl)cc1. The number of hydrogen-bond acceptors (Lipinski definition) is 4. The molecule has 6 nitrogen and oxygen atoms in total. The van der Waals surface area contributed by atoms with Gasteiger partial charge in [0.25, 0.3) is 20.0 Å². The zero-order valence-corrected chi connectivity index (χ0v) is 23.1. The molecule has 7 rings (SSSR count). The Hall–Kier alpha value is -2.78. The summed E-state index contributed by atoms with van der Waals surface area (Å²) in [4.78, 5) is 0.0921. The fourth-order valence-corrected chi connectivity index (χ4v) is 8.21. The maximum atomic E-state index is 13.4. The van der Waals surface area contributed by atoms with Crippen molar-refractivity contribution < 1.29 is 16.8 Å². The fourth-order valence-electron chi connectivity index (χ4n) is 5.83. The number of benzene rings is 3. The number of nitrogens with zero attached hydrogens (tertiary/aromatic N) is 2. The first-order valence-corrected chi connectivity index (χ1v) is 15.8. The van der Waals surface area contributed by atoms with Crippen LogP contribution in [0, 0.1) is 23.7 Å². The van der Waals surface area contributed by atoms with Crippen LogP contribution in [-0.4, -0.2) is 28.3 Å². The molecule has 0 N–H and O–H groups in total. The van der Waals surface area contributed by atoms with Crippen LogP contribution in [0.4, 0.5) is 0 Å². The summed E-state index contributed by atoms with van der Waals surface area (Å²) in [5, 5.41) is 0.856. The van der Waals surface area contributed by atoms with E-state index < -0.39 is 20.0 Å². The first-order valence-electron chi connectivity index (χ1n) is 12.1. The van der Waals surface area contributed by atoms with E-state index in [0.717, 1.165) is 12.8 Å². The fraction of sp³-hybridized carbons (Fsp3) is 0.214. The summed E-state index contributed by atoms with van der Waals surface area (Å²) >= 11 is 11.9. The van der Waals surface area contributed by atoms with Crippen LogP contribution in [0.5, 0.6) is 0 Å². The average molecular weight is 586 g/mol. The van der Waals surface area contributed by atoms with Crippen molar-refractivity contribution in [3.63, 3.8) is 0 Å². The van der Waals surface area contributed by atoms with Crippen LogP contribution in [0.3, 0.4) is 0 Å². The highest BCUT2D eigenvalue weighted by Gasteiger charge is 2.50. The van der Waals surface area contributed by atoms with E-state index >= 15 is 0 Å². The van der Waals surface area contributed by atoms with Crippen molar-refractivity contribution in [3.05, 3.63) is 106 Å². The molecule has 2 bridgehead atoms. The second-order valence-corrected chi connectivity index (χ2v) is 13.8. The molecule has 4 atom stereocenters. The summed E-state index contributed by atoms with van der Waals surface area (Å²) < 4.78 is 62.6. The van der Waals surface area contributed by atoms with Crippen molar-refractivity contribution in [2.24, 2.45) is 32.5 Å². The predicted octanol–water partition coefficient (Wildman–Crippen LogP) is 6.19. The van der Waals surface area contributed by atoms with Gasteiger partial charge in [0.15, 0.2) is 0 Å². The van der Waals surface area contributed by atoms with E-state index in [1.165, 1.54) is 48.5 Å². The van der Waals surface area contributed by atoms with E-state index in [4.69, 9.17) is 23.2 Å². The maximum absolute atomic E-state index is 13.4. The van der Waals surface area contributed by atoms with Gasteiger partial charge in [-0.25, -0.2) is 0 Å². The molecule has 0 heterocycles. The molecular formula is C28H22Cl2N2O4S2.